The molecular formula is C17H23NO5. The summed E-state index contributed by atoms with van der Waals surface area (Å²) < 4.78 is 15.5. The van der Waals surface area contributed by atoms with Crippen LogP contribution in [-0.2, 0) is 20.7 Å². The number of rotatable bonds is 6. The van der Waals surface area contributed by atoms with Gasteiger partial charge >= 0.3 is 5.97 Å². The van der Waals surface area contributed by atoms with Gasteiger partial charge in [0.2, 0.25) is 5.91 Å². The van der Waals surface area contributed by atoms with Crippen molar-refractivity contribution in [1.82, 2.24) is 4.90 Å². The molecule has 1 aromatic carbocycles. The molecule has 2 rings (SSSR count). The van der Waals surface area contributed by atoms with Crippen LogP contribution in [0.2, 0.25) is 0 Å². The lowest BCUT2D eigenvalue weighted by Gasteiger charge is -2.29. The van der Waals surface area contributed by atoms with Crippen LogP contribution in [-0.4, -0.2) is 50.7 Å². The normalized spacial score (nSPS) is 16.0. The van der Waals surface area contributed by atoms with Crippen LogP contribution in [0.15, 0.2) is 18.2 Å². The van der Waals surface area contributed by atoms with Gasteiger partial charge in [0.25, 0.3) is 0 Å². The molecule has 1 aliphatic rings. The summed E-state index contributed by atoms with van der Waals surface area (Å²) in [6.45, 7) is 3.17. The van der Waals surface area contributed by atoms with E-state index in [-0.39, 0.29) is 24.2 Å². The minimum absolute atomic E-state index is 0.0119. The van der Waals surface area contributed by atoms with E-state index in [0.717, 1.165) is 17.1 Å². The first-order valence-electron chi connectivity index (χ1n) is 7.74. The summed E-state index contributed by atoms with van der Waals surface area (Å²) in [7, 11) is 2.96. The van der Waals surface area contributed by atoms with Crippen LogP contribution in [0.1, 0.15) is 18.9 Å². The van der Waals surface area contributed by atoms with Gasteiger partial charge in [0, 0.05) is 19.2 Å². The molecule has 0 aliphatic carbocycles. The first-order valence-corrected chi connectivity index (χ1v) is 7.74. The lowest BCUT2D eigenvalue weighted by Crippen LogP contribution is -2.41. The smallest absolute Gasteiger partial charge is 0.307 e. The zero-order chi connectivity index (χ0) is 16.8. The number of benzene rings is 1. The highest BCUT2D eigenvalue weighted by Crippen LogP contribution is 2.31. The molecule has 0 radical (unpaired) electrons. The summed E-state index contributed by atoms with van der Waals surface area (Å²) in [6.07, 6.45) is 0.838. The maximum Gasteiger partial charge on any atom is 0.307 e. The highest BCUT2D eigenvalue weighted by Gasteiger charge is 2.29. The van der Waals surface area contributed by atoms with Gasteiger partial charge in [-0.15, -0.1) is 0 Å². The van der Waals surface area contributed by atoms with E-state index in [9.17, 15) is 9.59 Å². The van der Waals surface area contributed by atoms with Crippen LogP contribution in [0.4, 0.5) is 0 Å². The van der Waals surface area contributed by atoms with Gasteiger partial charge in [-0.25, -0.2) is 0 Å². The van der Waals surface area contributed by atoms with Crippen molar-refractivity contribution in [2.45, 2.75) is 19.8 Å². The Kier molecular flexibility index (Phi) is 5.84. The summed E-state index contributed by atoms with van der Waals surface area (Å²) in [5.41, 5.74) is 0.999. The molecule has 126 valence electrons. The van der Waals surface area contributed by atoms with E-state index in [4.69, 9.17) is 9.47 Å². The van der Waals surface area contributed by atoms with Crippen LogP contribution in [0.25, 0.3) is 0 Å². The quantitative estimate of drug-likeness (QED) is 0.746. The molecule has 0 fully saturated rings. The third kappa shape index (κ3) is 4.15. The predicted octanol–water partition coefficient (Wildman–Crippen LogP) is 1.66. The number of fused-ring (bicyclic) bond motifs is 1. The molecule has 6 nitrogen and oxygen atoms in total. The fourth-order valence-electron chi connectivity index (χ4n) is 2.65. The van der Waals surface area contributed by atoms with E-state index in [0.29, 0.717) is 26.1 Å². The molecule has 0 N–H and O–H groups in total. The van der Waals surface area contributed by atoms with Crippen LogP contribution in [0, 0.1) is 5.92 Å². The average molecular weight is 321 g/mol. The number of hydrogen-bond donors (Lipinski definition) is 0. The van der Waals surface area contributed by atoms with Crippen LogP contribution in [0.3, 0.4) is 0 Å². The molecule has 0 bridgehead atoms. The largest absolute Gasteiger partial charge is 0.497 e. The van der Waals surface area contributed by atoms with Crippen molar-refractivity contribution in [3.8, 4) is 11.5 Å². The molecule has 0 unspecified atom stereocenters. The van der Waals surface area contributed by atoms with E-state index in [2.05, 4.69) is 4.74 Å². The molecule has 0 aromatic heterocycles. The van der Waals surface area contributed by atoms with Crippen molar-refractivity contribution in [3.05, 3.63) is 23.8 Å². The Balaban J connectivity index is 2.01. The van der Waals surface area contributed by atoms with Gasteiger partial charge in [-0.3, -0.25) is 9.59 Å². The Labute approximate surface area is 136 Å². The van der Waals surface area contributed by atoms with E-state index >= 15 is 0 Å². The van der Waals surface area contributed by atoms with Gasteiger partial charge in [0.1, 0.15) is 18.1 Å². The molecule has 0 saturated heterocycles. The number of nitrogens with zero attached hydrogens (tertiary/aromatic N) is 1. The molecule has 1 atom stereocenters. The molecule has 1 amide bonds. The van der Waals surface area contributed by atoms with Crippen LogP contribution in [0.5, 0.6) is 11.5 Å². The van der Waals surface area contributed by atoms with Crippen LogP contribution < -0.4 is 9.47 Å². The minimum atomic E-state index is -0.311. The highest BCUT2D eigenvalue weighted by atomic mass is 16.5. The second-order valence-electron chi connectivity index (χ2n) is 5.43. The van der Waals surface area contributed by atoms with Gasteiger partial charge in [-0.05, 0) is 25.0 Å². The van der Waals surface area contributed by atoms with Gasteiger partial charge < -0.3 is 19.1 Å². The molecule has 0 saturated carbocycles. The first kappa shape index (κ1) is 17.1. The zero-order valence-corrected chi connectivity index (χ0v) is 13.8. The van der Waals surface area contributed by atoms with Crippen molar-refractivity contribution in [2.75, 3.05) is 33.9 Å². The second kappa shape index (κ2) is 7.85. The number of esters is 1. The van der Waals surface area contributed by atoms with Crippen molar-refractivity contribution < 1.29 is 23.8 Å². The summed E-state index contributed by atoms with van der Waals surface area (Å²) in [5, 5.41) is 0. The molecule has 1 aliphatic heterocycles. The molecule has 6 heteroatoms. The Bertz CT molecular complexity index is 572. The highest BCUT2D eigenvalue weighted by molar-refractivity contribution is 5.80. The number of carbonyl (C=O) groups is 2. The summed E-state index contributed by atoms with van der Waals surface area (Å²) in [5.74, 6) is 0.979. The van der Waals surface area contributed by atoms with Crippen molar-refractivity contribution >= 4 is 11.9 Å². The maximum atomic E-state index is 12.6. The molecule has 0 spiro atoms. The monoisotopic (exact) mass is 321 g/mol. The van der Waals surface area contributed by atoms with E-state index in [1.807, 2.05) is 25.1 Å². The van der Waals surface area contributed by atoms with Gasteiger partial charge in [-0.1, -0.05) is 6.07 Å². The fourth-order valence-corrected chi connectivity index (χ4v) is 2.65. The summed E-state index contributed by atoms with van der Waals surface area (Å²) in [4.78, 5) is 25.6. The second-order valence-corrected chi connectivity index (χ2v) is 5.43. The third-order valence-corrected chi connectivity index (χ3v) is 4.04. The Morgan fingerprint density at radius 1 is 1.35 bits per heavy atom. The number of ether oxygens (including phenoxy) is 3. The first-order chi connectivity index (χ1) is 11.1. The number of methoxy groups -OCH3 is 2. The Morgan fingerprint density at radius 3 is 2.78 bits per heavy atom. The lowest BCUT2D eigenvalue weighted by atomic mass is 9.95. The zero-order valence-electron chi connectivity index (χ0n) is 13.8. The Hall–Kier alpha value is -2.24. The maximum absolute atomic E-state index is 12.6. The lowest BCUT2D eigenvalue weighted by molar-refractivity contribution is -0.142. The standard InChI is InChI=1S/C17H23NO5/c1-4-18(8-7-16(19)22-3)17(20)13-9-12-5-6-14(21-2)10-15(12)23-11-13/h5-6,10,13H,4,7-9,11H2,1-3H3/t13-/m1/s1. The minimum Gasteiger partial charge on any atom is -0.497 e. The van der Waals surface area contributed by atoms with Gasteiger partial charge in [0.05, 0.1) is 26.6 Å². The summed E-state index contributed by atoms with van der Waals surface area (Å²) >= 11 is 0. The number of amides is 1. The van der Waals surface area contributed by atoms with E-state index in [1.165, 1.54) is 7.11 Å². The van der Waals surface area contributed by atoms with Crippen molar-refractivity contribution in [3.63, 3.8) is 0 Å². The molecule has 1 heterocycles. The van der Waals surface area contributed by atoms with Gasteiger partial charge in [0.15, 0.2) is 0 Å². The number of carbonyl (C=O) groups excluding carboxylic acids is 2. The number of hydrogen-bond acceptors (Lipinski definition) is 5. The topological polar surface area (TPSA) is 65.1 Å². The third-order valence-electron chi connectivity index (χ3n) is 4.04. The molecular weight excluding hydrogens is 298 g/mol. The predicted molar refractivity (Wildman–Crippen MR) is 84.6 cm³/mol. The van der Waals surface area contributed by atoms with Gasteiger partial charge in [-0.2, -0.15) is 0 Å². The van der Waals surface area contributed by atoms with Crippen LogP contribution >= 0.6 is 0 Å². The van der Waals surface area contributed by atoms with Crippen molar-refractivity contribution in [1.29, 1.82) is 0 Å². The molecule has 23 heavy (non-hydrogen) atoms. The van der Waals surface area contributed by atoms with Crippen molar-refractivity contribution in [2.24, 2.45) is 5.92 Å². The fraction of sp³-hybridized carbons (Fsp3) is 0.529. The van der Waals surface area contributed by atoms with E-state index < -0.39 is 0 Å². The van der Waals surface area contributed by atoms with E-state index in [1.54, 1.807) is 12.0 Å². The Morgan fingerprint density at radius 2 is 2.13 bits per heavy atom. The average Bonchev–Trinajstić information content (AvgIpc) is 2.60. The summed E-state index contributed by atoms with van der Waals surface area (Å²) in [6, 6.07) is 5.63. The SMILES string of the molecule is CCN(CCC(=O)OC)C(=O)[C@H]1COc2cc(OC)ccc2C1. The molecule has 1 aromatic rings.